The van der Waals surface area contributed by atoms with Gasteiger partial charge in [0, 0.05) is 15.4 Å². The molecule has 1 rings (SSSR count). The van der Waals surface area contributed by atoms with Crippen molar-refractivity contribution in [2.24, 2.45) is 0 Å². The van der Waals surface area contributed by atoms with Gasteiger partial charge in [0.05, 0.1) is 6.61 Å². The molecule has 0 bridgehead atoms. The summed E-state index contributed by atoms with van der Waals surface area (Å²) in [6, 6.07) is 4.10. The normalized spacial score (nSPS) is 10.3. The van der Waals surface area contributed by atoms with E-state index in [0.29, 0.717) is 0 Å². The number of aryl methyl sites for hydroxylation is 1. The fraction of sp³-hybridized carbons (Fsp3) is 0.455. The zero-order valence-corrected chi connectivity index (χ0v) is 11.6. The van der Waals surface area contributed by atoms with E-state index in [1.165, 1.54) is 11.1 Å². The van der Waals surface area contributed by atoms with Crippen molar-refractivity contribution in [1.29, 1.82) is 0 Å². The Hall–Kier alpha value is -0.0200. The van der Waals surface area contributed by atoms with Gasteiger partial charge in [-0.1, -0.05) is 37.9 Å². The molecule has 0 aliphatic carbocycles. The SMILES string of the molecule is Cc1ccc(OCCCBr)c(C)c1Br. The number of hydrogen-bond donors (Lipinski definition) is 0. The third-order valence-electron chi connectivity index (χ3n) is 2.07. The number of halogens is 2. The minimum Gasteiger partial charge on any atom is -0.493 e. The molecule has 0 aliphatic heterocycles. The third kappa shape index (κ3) is 2.99. The zero-order valence-electron chi connectivity index (χ0n) is 8.44. The topological polar surface area (TPSA) is 9.23 Å². The standard InChI is InChI=1S/C11H14Br2O/c1-8-4-5-10(9(2)11(8)13)14-7-3-6-12/h4-5H,3,6-7H2,1-2H3. The molecule has 0 amide bonds. The van der Waals surface area contributed by atoms with Crippen LogP contribution in [0.1, 0.15) is 17.5 Å². The van der Waals surface area contributed by atoms with Crippen LogP contribution in [0.3, 0.4) is 0 Å². The van der Waals surface area contributed by atoms with E-state index in [2.05, 4.69) is 51.8 Å². The van der Waals surface area contributed by atoms with Crippen LogP contribution in [-0.2, 0) is 0 Å². The van der Waals surface area contributed by atoms with Gasteiger partial charge in [-0.15, -0.1) is 0 Å². The molecule has 0 fully saturated rings. The Labute approximate surface area is 102 Å². The van der Waals surface area contributed by atoms with E-state index in [4.69, 9.17) is 4.74 Å². The molecular weight excluding hydrogens is 308 g/mol. The van der Waals surface area contributed by atoms with Crippen LogP contribution < -0.4 is 4.74 Å². The Bertz CT molecular complexity index is 310. The first-order valence-electron chi connectivity index (χ1n) is 4.61. The lowest BCUT2D eigenvalue weighted by molar-refractivity contribution is 0.316. The Morgan fingerprint density at radius 3 is 2.64 bits per heavy atom. The molecule has 0 N–H and O–H groups in total. The van der Waals surface area contributed by atoms with Crippen LogP contribution in [0.4, 0.5) is 0 Å². The maximum absolute atomic E-state index is 5.65. The average molecular weight is 322 g/mol. The van der Waals surface area contributed by atoms with E-state index in [0.717, 1.165) is 28.6 Å². The van der Waals surface area contributed by atoms with Gasteiger partial charge in [0.25, 0.3) is 0 Å². The largest absolute Gasteiger partial charge is 0.493 e. The van der Waals surface area contributed by atoms with Gasteiger partial charge in [0.2, 0.25) is 0 Å². The van der Waals surface area contributed by atoms with Crippen molar-refractivity contribution < 1.29 is 4.74 Å². The molecule has 0 spiro atoms. The Balaban J connectivity index is 2.73. The van der Waals surface area contributed by atoms with E-state index < -0.39 is 0 Å². The molecule has 1 aromatic rings. The predicted octanol–water partition coefficient (Wildman–Crippen LogP) is 4.23. The molecule has 1 aromatic carbocycles. The summed E-state index contributed by atoms with van der Waals surface area (Å²) in [6.45, 7) is 4.92. The molecule has 0 radical (unpaired) electrons. The maximum Gasteiger partial charge on any atom is 0.123 e. The second-order valence-corrected chi connectivity index (χ2v) is 4.80. The van der Waals surface area contributed by atoms with Gasteiger partial charge in [-0.05, 0) is 31.9 Å². The van der Waals surface area contributed by atoms with Crippen molar-refractivity contribution in [3.05, 3.63) is 27.7 Å². The van der Waals surface area contributed by atoms with Crippen LogP contribution in [-0.4, -0.2) is 11.9 Å². The van der Waals surface area contributed by atoms with Crippen molar-refractivity contribution in [2.45, 2.75) is 20.3 Å². The quantitative estimate of drug-likeness (QED) is 0.595. The second-order valence-electron chi connectivity index (χ2n) is 3.21. The highest BCUT2D eigenvalue weighted by Crippen LogP contribution is 2.28. The van der Waals surface area contributed by atoms with Gasteiger partial charge in [0.1, 0.15) is 5.75 Å². The van der Waals surface area contributed by atoms with Crippen LogP contribution in [0.5, 0.6) is 5.75 Å². The minimum atomic E-state index is 0.765. The highest BCUT2D eigenvalue weighted by atomic mass is 79.9. The monoisotopic (exact) mass is 320 g/mol. The minimum absolute atomic E-state index is 0.765. The van der Waals surface area contributed by atoms with E-state index in [-0.39, 0.29) is 0 Å². The van der Waals surface area contributed by atoms with Crippen molar-refractivity contribution in [3.63, 3.8) is 0 Å². The molecule has 0 unspecified atom stereocenters. The summed E-state index contributed by atoms with van der Waals surface area (Å²) in [5, 5.41) is 0.985. The van der Waals surface area contributed by atoms with Crippen LogP contribution in [0, 0.1) is 13.8 Å². The van der Waals surface area contributed by atoms with Crippen molar-refractivity contribution >= 4 is 31.9 Å². The average Bonchev–Trinajstić information content (AvgIpc) is 2.18. The number of rotatable bonds is 4. The molecule has 1 nitrogen and oxygen atoms in total. The Morgan fingerprint density at radius 2 is 2.00 bits per heavy atom. The first-order chi connectivity index (χ1) is 6.66. The predicted molar refractivity (Wildman–Crippen MR) is 67.5 cm³/mol. The van der Waals surface area contributed by atoms with Crippen LogP contribution >= 0.6 is 31.9 Å². The molecule has 0 heterocycles. The van der Waals surface area contributed by atoms with Gasteiger partial charge in [-0.2, -0.15) is 0 Å². The summed E-state index contributed by atoms with van der Waals surface area (Å²) in [7, 11) is 0. The molecule has 78 valence electrons. The first-order valence-corrected chi connectivity index (χ1v) is 6.52. The molecule has 3 heteroatoms. The van der Waals surface area contributed by atoms with Crippen molar-refractivity contribution in [2.75, 3.05) is 11.9 Å². The molecular formula is C11H14Br2O. The molecule has 0 atom stereocenters. The van der Waals surface area contributed by atoms with Crippen LogP contribution in [0.25, 0.3) is 0 Å². The maximum atomic E-state index is 5.65. The summed E-state index contributed by atoms with van der Waals surface area (Å²) >= 11 is 6.93. The Morgan fingerprint density at radius 1 is 1.29 bits per heavy atom. The van der Waals surface area contributed by atoms with Gasteiger partial charge in [0.15, 0.2) is 0 Å². The van der Waals surface area contributed by atoms with Gasteiger partial charge >= 0.3 is 0 Å². The number of benzene rings is 1. The lowest BCUT2D eigenvalue weighted by Crippen LogP contribution is -1.99. The molecule has 0 aromatic heterocycles. The first kappa shape index (κ1) is 12.1. The van der Waals surface area contributed by atoms with E-state index in [1.807, 2.05) is 6.07 Å². The zero-order chi connectivity index (χ0) is 10.6. The molecule has 0 aliphatic rings. The van der Waals surface area contributed by atoms with Crippen LogP contribution in [0.2, 0.25) is 0 Å². The summed E-state index contributed by atoms with van der Waals surface area (Å²) in [5.41, 5.74) is 2.43. The summed E-state index contributed by atoms with van der Waals surface area (Å²) in [5.74, 6) is 0.975. The van der Waals surface area contributed by atoms with E-state index in [9.17, 15) is 0 Å². The molecule has 0 saturated carbocycles. The summed E-state index contributed by atoms with van der Waals surface area (Å²) < 4.78 is 6.80. The number of hydrogen-bond acceptors (Lipinski definition) is 1. The van der Waals surface area contributed by atoms with Gasteiger partial charge in [-0.3, -0.25) is 0 Å². The molecule has 0 saturated heterocycles. The molecule has 14 heavy (non-hydrogen) atoms. The lowest BCUT2D eigenvalue weighted by atomic mass is 10.1. The fourth-order valence-corrected chi connectivity index (χ4v) is 1.75. The van der Waals surface area contributed by atoms with Gasteiger partial charge < -0.3 is 4.74 Å². The highest BCUT2D eigenvalue weighted by molar-refractivity contribution is 9.10. The lowest BCUT2D eigenvalue weighted by Gasteiger charge is -2.11. The number of ether oxygens (including phenoxy) is 1. The van der Waals surface area contributed by atoms with Gasteiger partial charge in [-0.25, -0.2) is 0 Å². The fourth-order valence-electron chi connectivity index (χ4n) is 1.20. The smallest absolute Gasteiger partial charge is 0.123 e. The van der Waals surface area contributed by atoms with Crippen molar-refractivity contribution in [3.8, 4) is 5.75 Å². The number of alkyl halides is 1. The third-order valence-corrected chi connectivity index (χ3v) is 3.85. The van der Waals surface area contributed by atoms with Crippen molar-refractivity contribution in [1.82, 2.24) is 0 Å². The van der Waals surface area contributed by atoms with E-state index in [1.54, 1.807) is 0 Å². The summed E-state index contributed by atoms with van der Waals surface area (Å²) in [6.07, 6.45) is 1.03. The Kier molecular flexibility index (Phi) is 4.96. The van der Waals surface area contributed by atoms with E-state index >= 15 is 0 Å². The van der Waals surface area contributed by atoms with Crippen LogP contribution in [0.15, 0.2) is 16.6 Å². The summed E-state index contributed by atoms with van der Waals surface area (Å²) in [4.78, 5) is 0. The second kappa shape index (κ2) is 5.76. The highest BCUT2D eigenvalue weighted by Gasteiger charge is 2.05.